The first-order valence-corrected chi connectivity index (χ1v) is 7.46. The summed E-state index contributed by atoms with van der Waals surface area (Å²) < 4.78 is 13.9. The summed E-state index contributed by atoms with van der Waals surface area (Å²) in [5, 5.41) is 13.3. The fraction of sp³-hybridized carbons (Fsp3) is 0.278. The molecule has 3 rings (SSSR count). The molecule has 3 nitrogen and oxygen atoms in total. The van der Waals surface area contributed by atoms with Gasteiger partial charge in [0.15, 0.2) is 0 Å². The average molecular weight is 299 g/mol. The fourth-order valence-corrected chi connectivity index (χ4v) is 3.04. The van der Waals surface area contributed by atoms with Crippen molar-refractivity contribution in [3.63, 3.8) is 0 Å². The van der Waals surface area contributed by atoms with E-state index in [1.54, 1.807) is 0 Å². The number of anilines is 1. The lowest BCUT2D eigenvalue weighted by Gasteiger charge is -2.16. The number of amides is 1. The van der Waals surface area contributed by atoms with E-state index in [0.717, 1.165) is 5.56 Å². The first-order valence-electron chi connectivity index (χ1n) is 7.46. The molecule has 0 saturated heterocycles. The number of fused-ring (bicyclic) bond motifs is 1. The first kappa shape index (κ1) is 14.7. The summed E-state index contributed by atoms with van der Waals surface area (Å²) >= 11 is 0. The van der Waals surface area contributed by atoms with Crippen LogP contribution in [0.1, 0.15) is 42.1 Å². The molecule has 4 heteroatoms. The van der Waals surface area contributed by atoms with Crippen LogP contribution in [0.2, 0.25) is 0 Å². The smallest absolute Gasteiger partial charge is 0.232 e. The van der Waals surface area contributed by atoms with Crippen LogP contribution in [-0.4, -0.2) is 11.0 Å². The number of aliphatic hydroxyl groups is 1. The number of halogens is 1. The van der Waals surface area contributed by atoms with Crippen LogP contribution in [0.25, 0.3) is 0 Å². The van der Waals surface area contributed by atoms with Gasteiger partial charge < -0.3 is 10.4 Å². The molecular weight excluding hydrogens is 281 g/mol. The zero-order chi connectivity index (χ0) is 15.7. The molecule has 0 radical (unpaired) electrons. The second-order valence-corrected chi connectivity index (χ2v) is 5.61. The summed E-state index contributed by atoms with van der Waals surface area (Å²) in [6.07, 6.45) is 0.127. The Morgan fingerprint density at radius 1 is 1.27 bits per heavy atom. The zero-order valence-electron chi connectivity index (χ0n) is 12.3. The van der Waals surface area contributed by atoms with Gasteiger partial charge in [0.1, 0.15) is 5.82 Å². The Labute approximate surface area is 128 Å². The Hall–Kier alpha value is -2.20. The molecular formula is C18H18FNO2. The Morgan fingerprint density at radius 2 is 2.00 bits per heavy atom. The number of hydrogen-bond acceptors (Lipinski definition) is 2. The van der Waals surface area contributed by atoms with E-state index < -0.39 is 11.9 Å². The number of nitrogens with one attached hydrogen (secondary N) is 1. The summed E-state index contributed by atoms with van der Waals surface area (Å²) in [6, 6.07) is 12.2. The van der Waals surface area contributed by atoms with Gasteiger partial charge in [0.25, 0.3) is 0 Å². The molecule has 0 saturated carbocycles. The highest BCUT2D eigenvalue weighted by Gasteiger charge is 2.33. The third kappa shape index (κ3) is 2.62. The maximum absolute atomic E-state index is 13.9. The molecule has 2 aromatic rings. The molecule has 1 amide bonds. The topological polar surface area (TPSA) is 49.3 Å². The predicted octanol–water partition coefficient (Wildman–Crippen LogP) is 3.55. The number of aliphatic hydroxyl groups excluding tert-OH is 1. The van der Waals surface area contributed by atoms with E-state index in [2.05, 4.69) is 5.32 Å². The summed E-state index contributed by atoms with van der Waals surface area (Å²) in [5.41, 5.74) is 2.63. The van der Waals surface area contributed by atoms with Crippen molar-refractivity contribution in [2.75, 3.05) is 5.32 Å². The lowest BCUT2D eigenvalue weighted by Crippen LogP contribution is -2.11. The van der Waals surface area contributed by atoms with Crippen molar-refractivity contribution < 1.29 is 14.3 Å². The van der Waals surface area contributed by atoms with Crippen molar-refractivity contribution in [1.29, 1.82) is 0 Å². The Balaban J connectivity index is 1.96. The standard InChI is InChI=1S/C18H18FNO2/c1-2-13-14-9-12(19)10-15(17(14)20-18(13)22)16(21)8-11-6-4-3-5-7-11/h3-7,9-10,13,16,21H,2,8H2,1H3,(H,20,22). The molecule has 0 spiro atoms. The van der Waals surface area contributed by atoms with Crippen molar-refractivity contribution in [3.8, 4) is 0 Å². The van der Waals surface area contributed by atoms with Gasteiger partial charge in [-0.15, -0.1) is 0 Å². The van der Waals surface area contributed by atoms with Gasteiger partial charge in [0.05, 0.1) is 17.7 Å². The van der Waals surface area contributed by atoms with Crippen LogP contribution in [0.15, 0.2) is 42.5 Å². The molecule has 2 aromatic carbocycles. The molecule has 1 aliphatic rings. The number of carbonyl (C=O) groups excluding carboxylic acids is 1. The second kappa shape index (κ2) is 5.89. The molecule has 0 aromatic heterocycles. The molecule has 22 heavy (non-hydrogen) atoms. The fourth-order valence-electron chi connectivity index (χ4n) is 3.04. The minimum absolute atomic E-state index is 0.128. The minimum atomic E-state index is -0.859. The van der Waals surface area contributed by atoms with Gasteiger partial charge >= 0.3 is 0 Å². The van der Waals surface area contributed by atoms with Crippen molar-refractivity contribution in [3.05, 3.63) is 65.0 Å². The van der Waals surface area contributed by atoms with Crippen molar-refractivity contribution in [2.24, 2.45) is 0 Å². The molecule has 2 N–H and O–H groups in total. The summed E-state index contributed by atoms with van der Waals surface area (Å²) in [6.45, 7) is 1.89. The normalized spacial score (nSPS) is 18.0. The van der Waals surface area contributed by atoms with Gasteiger partial charge in [-0.2, -0.15) is 0 Å². The van der Waals surface area contributed by atoms with Crippen LogP contribution < -0.4 is 5.32 Å². The number of hydrogen-bond donors (Lipinski definition) is 2. The van der Waals surface area contributed by atoms with E-state index in [1.807, 2.05) is 37.3 Å². The molecule has 0 fully saturated rings. The summed E-state index contributed by atoms with van der Waals surface area (Å²) in [5.74, 6) is -0.888. The molecule has 1 heterocycles. The van der Waals surface area contributed by atoms with Crippen molar-refractivity contribution >= 4 is 11.6 Å². The lowest BCUT2D eigenvalue weighted by atomic mass is 9.93. The lowest BCUT2D eigenvalue weighted by molar-refractivity contribution is -0.117. The third-order valence-electron chi connectivity index (χ3n) is 4.14. The van der Waals surface area contributed by atoms with Gasteiger partial charge in [-0.25, -0.2) is 4.39 Å². The van der Waals surface area contributed by atoms with E-state index >= 15 is 0 Å². The van der Waals surface area contributed by atoms with Crippen LogP contribution in [0, 0.1) is 5.82 Å². The van der Waals surface area contributed by atoms with Crippen LogP contribution in [0.4, 0.5) is 10.1 Å². The molecule has 0 aliphatic carbocycles. The highest BCUT2D eigenvalue weighted by Crippen LogP contribution is 2.40. The SMILES string of the molecule is CCC1C(=O)Nc2c(C(O)Cc3ccccc3)cc(F)cc21. The number of carbonyl (C=O) groups is 1. The van der Waals surface area contributed by atoms with Gasteiger partial charge in [0, 0.05) is 12.0 Å². The Bertz CT molecular complexity index is 700. The van der Waals surface area contributed by atoms with Gasteiger partial charge in [-0.1, -0.05) is 37.3 Å². The highest BCUT2D eigenvalue weighted by atomic mass is 19.1. The maximum Gasteiger partial charge on any atom is 0.232 e. The molecule has 2 unspecified atom stereocenters. The van der Waals surface area contributed by atoms with Gasteiger partial charge in [0.2, 0.25) is 5.91 Å². The Kier molecular flexibility index (Phi) is 3.94. The van der Waals surface area contributed by atoms with E-state index in [1.165, 1.54) is 12.1 Å². The monoisotopic (exact) mass is 299 g/mol. The molecule has 114 valence electrons. The van der Waals surface area contributed by atoms with E-state index in [9.17, 15) is 14.3 Å². The third-order valence-corrected chi connectivity index (χ3v) is 4.14. The van der Waals surface area contributed by atoms with Crippen LogP contribution >= 0.6 is 0 Å². The first-order chi connectivity index (χ1) is 10.6. The highest BCUT2D eigenvalue weighted by molar-refractivity contribution is 6.03. The predicted molar refractivity (Wildman–Crippen MR) is 83.2 cm³/mol. The number of benzene rings is 2. The zero-order valence-corrected chi connectivity index (χ0v) is 12.3. The van der Waals surface area contributed by atoms with E-state index in [0.29, 0.717) is 29.7 Å². The minimum Gasteiger partial charge on any atom is -0.388 e. The Morgan fingerprint density at radius 3 is 2.68 bits per heavy atom. The van der Waals surface area contributed by atoms with Crippen LogP contribution in [0.5, 0.6) is 0 Å². The average Bonchev–Trinajstić information content (AvgIpc) is 2.82. The van der Waals surface area contributed by atoms with E-state index in [-0.39, 0.29) is 11.8 Å². The maximum atomic E-state index is 13.9. The molecule has 1 aliphatic heterocycles. The second-order valence-electron chi connectivity index (χ2n) is 5.61. The van der Waals surface area contributed by atoms with Crippen LogP contribution in [-0.2, 0) is 11.2 Å². The molecule has 2 atom stereocenters. The van der Waals surface area contributed by atoms with Gasteiger partial charge in [-0.3, -0.25) is 4.79 Å². The number of rotatable bonds is 4. The van der Waals surface area contributed by atoms with Crippen molar-refractivity contribution in [1.82, 2.24) is 0 Å². The summed E-state index contributed by atoms with van der Waals surface area (Å²) in [7, 11) is 0. The summed E-state index contributed by atoms with van der Waals surface area (Å²) in [4.78, 5) is 12.0. The largest absolute Gasteiger partial charge is 0.388 e. The van der Waals surface area contributed by atoms with E-state index in [4.69, 9.17) is 0 Å². The quantitative estimate of drug-likeness (QED) is 0.907. The van der Waals surface area contributed by atoms with Crippen molar-refractivity contribution in [2.45, 2.75) is 31.8 Å². The van der Waals surface area contributed by atoms with Crippen LogP contribution in [0.3, 0.4) is 0 Å². The van der Waals surface area contributed by atoms with Gasteiger partial charge in [-0.05, 0) is 29.7 Å². The molecule has 0 bridgehead atoms.